The fourth-order valence-electron chi connectivity index (χ4n) is 9.56. The van der Waals surface area contributed by atoms with E-state index in [1.807, 2.05) is 0 Å². The maximum atomic E-state index is 12.8. The van der Waals surface area contributed by atoms with Gasteiger partial charge in [-0.2, -0.15) is 0 Å². The van der Waals surface area contributed by atoms with Crippen LogP contribution in [-0.2, 0) is 28.6 Å². The van der Waals surface area contributed by atoms with Crippen LogP contribution in [0.3, 0.4) is 0 Å². The van der Waals surface area contributed by atoms with Crippen molar-refractivity contribution in [2.45, 2.75) is 330 Å². The highest BCUT2D eigenvalue weighted by molar-refractivity contribution is 5.70. The molecule has 0 spiro atoms. The van der Waals surface area contributed by atoms with E-state index in [9.17, 15) is 14.4 Å². The highest BCUT2D eigenvalue weighted by Gasteiger charge is 2.13. The van der Waals surface area contributed by atoms with Crippen LogP contribution in [-0.4, -0.2) is 37.7 Å². The largest absolute Gasteiger partial charge is 0.465 e. The first-order chi connectivity index (χ1) is 34.4. The van der Waals surface area contributed by atoms with Gasteiger partial charge >= 0.3 is 17.9 Å². The van der Waals surface area contributed by atoms with Crippen LogP contribution in [0.15, 0.2) is 24.3 Å². The maximum Gasteiger partial charge on any atom is 0.305 e. The molecule has 3 unspecified atom stereocenters. The molecule has 0 aromatic carbocycles. The number of hydrogen-bond acceptors (Lipinski definition) is 6. The molecule has 0 amide bonds. The van der Waals surface area contributed by atoms with E-state index in [-0.39, 0.29) is 29.7 Å². The molecule has 0 aromatic rings. The summed E-state index contributed by atoms with van der Waals surface area (Å²) in [7, 11) is 0. The molecule has 0 heterocycles. The molecule has 0 aliphatic heterocycles. The maximum absolute atomic E-state index is 12.8. The van der Waals surface area contributed by atoms with Crippen molar-refractivity contribution in [1.29, 1.82) is 0 Å². The fourth-order valence-corrected chi connectivity index (χ4v) is 9.56. The molecule has 6 nitrogen and oxygen atoms in total. The monoisotopic (exact) mass is 985 g/mol. The second kappa shape index (κ2) is 56.2. The Morgan fingerprint density at radius 3 is 0.929 bits per heavy atom. The third-order valence-electron chi connectivity index (χ3n) is 14.6. The Hall–Kier alpha value is -2.11. The number of esters is 3. The number of rotatable bonds is 56. The van der Waals surface area contributed by atoms with Crippen molar-refractivity contribution >= 4 is 17.9 Å². The minimum Gasteiger partial charge on any atom is -0.465 e. The van der Waals surface area contributed by atoms with E-state index in [2.05, 4.69) is 58.9 Å². The summed E-state index contributed by atoms with van der Waals surface area (Å²) in [5.41, 5.74) is 0. The van der Waals surface area contributed by atoms with Crippen LogP contribution in [0.1, 0.15) is 330 Å². The zero-order chi connectivity index (χ0) is 51.1. The van der Waals surface area contributed by atoms with Gasteiger partial charge in [0.25, 0.3) is 0 Å². The molecule has 0 radical (unpaired) electrons. The Kier molecular flexibility index (Phi) is 54.5. The van der Waals surface area contributed by atoms with Gasteiger partial charge in [-0.05, 0) is 70.1 Å². The van der Waals surface area contributed by atoms with Crippen LogP contribution < -0.4 is 0 Å². The third kappa shape index (κ3) is 50.8. The van der Waals surface area contributed by atoms with Crippen LogP contribution in [0, 0.1) is 17.8 Å². The molecule has 0 N–H and O–H groups in total. The van der Waals surface area contributed by atoms with Gasteiger partial charge in [0.1, 0.15) is 0 Å². The van der Waals surface area contributed by atoms with Crippen LogP contribution >= 0.6 is 0 Å². The van der Waals surface area contributed by atoms with E-state index in [4.69, 9.17) is 14.2 Å². The van der Waals surface area contributed by atoms with Crippen molar-refractivity contribution in [3.63, 3.8) is 0 Å². The molecule has 0 aliphatic rings. The Morgan fingerprint density at radius 1 is 0.314 bits per heavy atom. The zero-order valence-electron chi connectivity index (χ0n) is 47.6. The van der Waals surface area contributed by atoms with Gasteiger partial charge in [-0.1, -0.05) is 271 Å². The number of hydrogen-bond donors (Lipinski definition) is 0. The van der Waals surface area contributed by atoms with Gasteiger partial charge in [0, 0.05) is 31.1 Å². The van der Waals surface area contributed by atoms with Crippen molar-refractivity contribution in [3.05, 3.63) is 24.3 Å². The van der Waals surface area contributed by atoms with Crippen molar-refractivity contribution in [1.82, 2.24) is 0 Å². The fraction of sp³-hybridized carbons (Fsp3) is 0.891. The number of unbranched alkanes of at least 4 members (excludes halogenated alkanes) is 33. The molecule has 0 fully saturated rings. The predicted molar refractivity (Wildman–Crippen MR) is 302 cm³/mol. The smallest absolute Gasteiger partial charge is 0.305 e. The van der Waals surface area contributed by atoms with Gasteiger partial charge in [-0.15, -0.1) is 0 Å². The number of ether oxygens (including phenoxy) is 3. The summed E-state index contributed by atoms with van der Waals surface area (Å²) in [4.78, 5) is 37.8. The van der Waals surface area contributed by atoms with Gasteiger partial charge in [0.15, 0.2) is 0 Å². The van der Waals surface area contributed by atoms with E-state index in [0.29, 0.717) is 45.0 Å². The summed E-state index contributed by atoms with van der Waals surface area (Å²) >= 11 is 0. The highest BCUT2D eigenvalue weighted by Crippen LogP contribution is 2.20. The van der Waals surface area contributed by atoms with Gasteiger partial charge in [-0.3, -0.25) is 14.4 Å². The molecule has 0 rings (SSSR count). The topological polar surface area (TPSA) is 78.9 Å². The Morgan fingerprint density at radius 2 is 0.600 bits per heavy atom. The van der Waals surface area contributed by atoms with Crippen molar-refractivity contribution < 1.29 is 28.6 Å². The van der Waals surface area contributed by atoms with Gasteiger partial charge in [0.05, 0.1) is 19.8 Å². The molecular formula is C64H120O6. The van der Waals surface area contributed by atoms with E-state index >= 15 is 0 Å². The molecule has 0 aromatic heterocycles. The van der Waals surface area contributed by atoms with Crippen LogP contribution in [0.25, 0.3) is 0 Å². The lowest BCUT2D eigenvalue weighted by Gasteiger charge is -2.15. The molecular weight excluding hydrogens is 865 g/mol. The van der Waals surface area contributed by atoms with Crippen LogP contribution in [0.2, 0.25) is 0 Å². The minimum atomic E-state index is -0.0634. The molecule has 0 aliphatic carbocycles. The standard InChI is InChI=1S/C64H120O6/c1-6-11-15-18-21-22-23-24-25-26-27-28-31-38-45-54-63(66)69-57-60(49-41-34-29-19-16-12-7-2)52-44-37-33-40-47-55-64(67)70-58-61(50-42-35-30-20-17-13-8-3)51-43-36-32-39-46-53-62(65)68-56-59(10-5)48-14-9-4/h41-42,49-50,59-61H,6-40,43-48,51-58H2,1-5H3/b49-41+,50-42?. The first kappa shape index (κ1) is 67.9. The van der Waals surface area contributed by atoms with E-state index in [1.165, 1.54) is 161 Å². The Bertz CT molecular complexity index is 1160. The first-order valence-corrected chi connectivity index (χ1v) is 31.2. The zero-order valence-corrected chi connectivity index (χ0v) is 47.6. The second-order valence-electron chi connectivity index (χ2n) is 21.6. The third-order valence-corrected chi connectivity index (χ3v) is 14.6. The quantitative estimate of drug-likeness (QED) is 0.0261. The molecule has 3 atom stereocenters. The van der Waals surface area contributed by atoms with Gasteiger partial charge in [-0.25, -0.2) is 0 Å². The average Bonchev–Trinajstić information content (AvgIpc) is 3.36. The van der Waals surface area contributed by atoms with Crippen LogP contribution in [0.4, 0.5) is 0 Å². The summed E-state index contributed by atoms with van der Waals surface area (Å²) in [5, 5.41) is 0. The summed E-state index contributed by atoms with van der Waals surface area (Å²) in [6.07, 6.45) is 63.2. The van der Waals surface area contributed by atoms with E-state index in [1.54, 1.807) is 0 Å². The number of carbonyl (C=O) groups is 3. The molecule has 0 saturated heterocycles. The molecule has 412 valence electrons. The Balaban J connectivity index is 4.52. The number of carbonyl (C=O) groups excluding carboxylic acids is 3. The molecule has 0 saturated carbocycles. The predicted octanol–water partition coefficient (Wildman–Crippen LogP) is 20.6. The second-order valence-corrected chi connectivity index (χ2v) is 21.6. The summed E-state index contributed by atoms with van der Waals surface area (Å²) in [6.45, 7) is 12.8. The first-order valence-electron chi connectivity index (χ1n) is 31.2. The van der Waals surface area contributed by atoms with E-state index < -0.39 is 0 Å². The van der Waals surface area contributed by atoms with Gasteiger partial charge < -0.3 is 14.2 Å². The van der Waals surface area contributed by atoms with Crippen molar-refractivity contribution in [3.8, 4) is 0 Å². The summed E-state index contributed by atoms with van der Waals surface area (Å²) in [5.74, 6) is 0.922. The lowest BCUT2D eigenvalue weighted by Crippen LogP contribution is -2.13. The normalized spacial score (nSPS) is 13.0. The average molecular weight is 986 g/mol. The lowest BCUT2D eigenvalue weighted by molar-refractivity contribution is -0.146. The van der Waals surface area contributed by atoms with E-state index in [0.717, 1.165) is 116 Å². The van der Waals surface area contributed by atoms with Crippen LogP contribution in [0.5, 0.6) is 0 Å². The van der Waals surface area contributed by atoms with Crippen molar-refractivity contribution in [2.24, 2.45) is 17.8 Å². The van der Waals surface area contributed by atoms with Crippen molar-refractivity contribution in [2.75, 3.05) is 19.8 Å². The SMILES string of the molecule is CCCCCCCC=CC(CCCCCCCC(=O)OCC(CC)CCCC)COC(=O)CCCCCCCC(/C=C/CCCCCCC)COC(=O)CCCCCCCCCCCCCCCCC. The molecule has 0 bridgehead atoms. The summed E-state index contributed by atoms with van der Waals surface area (Å²) < 4.78 is 17.3. The van der Waals surface area contributed by atoms with Gasteiger partial charge in [0.2, 0.25) is 0 Å². The highest BCUT2D eigenvalue weighted by atomic mass is 16.5. The lowest BCUT2D eigenvalue weighted by atomic mass is 9.99. The number of allylic oxidation sites excluding steroid dienone is 2. The Labute approximate surface area is 436 Å². The summed E-state index contributed by atoms with van der Waals surface area (Å²) in [6, 6.07) is 0. The molecule has 70 heavy (non-hydrogen) atoms. The minimum absolute atomic E-state index is 0.0276. The molecule has 6 heteroatoms.